The zero-order valence-corrected chi connectivity index (χ0v) is 18.2. The zero-order valence-electron chi connectivity index (χ0n) is 18.2. The Balaban J connectivity index is 2.03. The van der Waals surface area contributed by atoms with Crippen molar-refractivity contribution in [3.63, 3.8) is 0 Å². The fourth-order valence-corrected chi connectivity index (χ4v) is 2.87. The summed E-state index contributed by atoms with van der Waals surface area (Å²) in [4.78, 5) is 35.6. The van der Waals surface area contributed by atoms with Gasteiger partial charge < -0.3 is 16.4 Å². The molecule has 2 aromatic rings. The van der Waals surface area contributed by atoms with E-state index in [0.717, 1.165) is 23.1 Å². The quantitative estimate of drug-likeness (QED) is 0.239. The summed E-state index contributed by atoms with van der Waals surface area (Å²) in [5, 5.41) is 14.0. The van der Waals surface area contributed by atoms with Crippen LogP contribution in [0.1, 0.15) is 46.0 Å². The second-order valence-corrected chi connectivity index (χ2v) is 7.23. The molecule has 3 amide bonds. The van der Waals surface area contributed by atoms with E-state index in [2.05, 4.69) is 22.5 Å². The second kappa shape index (κ2) is 12.2. The van der Waals surface area contributed by atoms with E-state index in [4.69, 9.17) is 10.9 Å². The van der Waals surface area contributed by atoms with Crippen LogP contribution in [0.25, 0.3) is 0 Å². The van der Waals surface area contributed by atoms with Crippen LogP contribution in [0.2, 0.25) is 0 Å². The molecule has 1 atom stereocenters. The maximum atomic E-state index is 12.2. The van der Waals surface area contributed by atoms with Gasteiger partial charge in [-0.25, -0.2) is 5.48 Å². The number of amides is 3. The van der Waals surface area contributed by atoms with E-state index in [1.54, 1.807) is 24.3 Å². The predicted octanol–water partition coefficient (Wildman–Crippen LogP) is 1.03. The highest BCUT2D eigenvalue weighted by atomic mass is 16.5. The predicted molar refractivity (Wildman–Crippen MR) is 121 cm³/mol. The largest absolute Gasteiger partial charge is 0.356 e. The summed E-state index contributed by atoms with van der Waals surface area (Å²) in [5.74, 6) is 4.86. The van der Waals surface area contributed by atoms with Gasteiger partial charge in [-0.05, 0) is 60.9 Å². The van der Waals surface area contributed by atoms with Crippen LogP contribution in [0.3, 0.4) is 0 Å². The molecular formula is C24H28N4O4. The van der Waals surface area contributed by atoms with Crippen LogP contribution in [0.15, 0.2) is 42.5 Å². The van der Waals surface area contributed by atoms with E-state index in [1.165, 1.54) is 5.48 Å². The maximum absolute atomic E-state index is 12.2. The first-order valence-electron chi connectivity index (χ1n) is 10.3. The fraction of sp³-hybridized carbons (Fsp3) is 0.292. The Kier molecular flexibility index (Phi) is 9.42. The minimum absolute atomic E-state index is 0.00711. The zero-order chi connectivity index (χ0) is 23.5. The number of nitrogens with one attached hydrogen (secondary N) is 3. The van der Waals surface area contributed by atoms with Crippen molar-refractivity contribution in [3.8, 4) is 11.8 Å². The molecule has 0 saturated heterocycles. The molecule has 0 radical (unpaired) electrons. The van der Waals surface area contributed by atoms with Crippen LogP contribution >= 0.6 is 0 Å². The highest BCUT2D eigenvalue weighted by Gasteiger charge is 2.19. The maximum Gasteiger partial charge on any atom is 0.267 e. The number of carbonyl (C=O) groups is 3. The molecule has 0 aliphatic rings. The normalized spacial score (nSPS) is 11.0. The summed E-state index contributed by atoms with van der Waals surface area (Å²) >= 11 is 0. The van der Waals surface area contributed by atoms with Gasteiger partial charge in [-0.1, -0.05) is 24.8 Å². The lowest BCUT2D eigenvalue weighted by Crippen LogP contribution is -2.50. The molecule has 2 rings (SSSR count). The number of rotatable bonds is 8. The van der Waals surface area contributed by atoms with Crippen LogP contribution in [0, 0.1) is 18.8 Å². The van der Waals surface area contributed by atoms with Gasteiger partial charge in [0.1, 0.15) is 6.04 Å². The van der Waals surface area contributed by atoms with Crippen LogP contribution in [-0.4, -0.2) is 42.1 Å². The average molecular weight is 437 g/mol. The van der Waals surface area contributed by atoms with E-state index in [9.17, 15) is 14.4 Å². The lowest BCUT2D eigenvalue weighted by Gasteiger charge is -2.14. The lowest BCUT2D eigenvalue weighted by molar-refractivity contribution is -0.130. The summed E-state index contributed by atoms with van der Waals surface area (Å²) < 4.78 is 0. The fourth-order valence-electron chi connectivity index (χ4n) is 2.87. The molecule has 0 aliphatic heterocycles. The monoisotopic (exact) mass is 436 g/mol. The van der Waals surface area contributed by atoms with Crippen LogP contribution in [0.5, 0.6) is 0 Å². The first-order valence-corrected chi connectivity index (χ1v) is 10.3. The van der Waals surface area contributed by atoms with Crippen molar-refractivity contribution in [2.75, 3.05) is 13.1 Å². The minimum atomic E-state index is -1.03. The molecule has 168 valence electrons. The van der Waals surface area contributed by atoms with E-state index in [0.29, 0.717) is 24.1 Å². The van der Waals surface area contributed by atoms with Crippen molar-refractivity contribution >= 4 is 17.7 Å². The Labute approximate surface area is 187 Å². The number of hydrogen-bond donors (Lipinski definition) is 5. The van der Waals surface area contributed by atoms with Gasteiger partial charge >= 0.3 is 0 Å². The second-order valence-electron chi connectivity index (χ2n) is 7.23. The van der Waals surface area contributed by atoms with Gasteiger partial charge in [0.05, 0.1) is 6.42 Å². The molecule has 0 aromatic heterocycles. The molecule has 0 saturated carbocycles. The molecule has 0 bridgehead atoms. The van der Waals surface area contributed by atoms with Gasteiger partial charge in [-0.15, -0.1) is 0 Å². The van der Waals surface area contributed by atoms with Crippen LogP contribution < -0.4 is 21.8 Å². The van der Waals surface area contributed by atoms with E-state index >= 15 is 0 Å². The number of aryl methyl sites for hydroxylation is 1. The smallest absolute Gasteiger partial charge is 0.267 e. The third-order valence-corrected chi connectivity index (χ3v) is 4.73. The molecule has 8 nitrogen and oxygen atoms in total. The molecule has 32 heavy (non-hydrogen) atoms. The third-order valence-electron chi connectivity index (χ3n) is 4.73. The average Bonchev–Trinajstić information content (AvgIpc) is 2.81. The Morgan fingerprint density at radius 1 is 1.06 bits per heavy atom. The summed E-state index contributed by atoms with van der Waals surface area (Å²) in [5.41, 5.74) is 10.7. The molecule has 0 unspecified atom stereocenters. The van der Waals surface area contributed by atoms with Crippen LogP contribution in [-0.2, 0) is 16.0 Å². The van der Waals surface area contributed by atoms with Crippen molar-refractivity contribution < 1.29 is 19.6 Å². The van der Waals surface area contributed by atoms with Gasteiger partial charge in [0, 0.05) is 29.8 Å². The Morgan fingerprint density at radius 2 is 1.72 bits per heavy atom. The van der Waals surface area contributed by atoms with Gasteiger partial charge in [-0.2, -0.15) is 0 Å². The molecule has 2 aromatic carbocycles. The van der Waals surface area contributed by atoms with Crippen molar-refractivity contribution in [3.05, 3.63) is 70.3 Å². The highest BCUT2D eigenvalue weighted by Crippen LogP contribution is 2.12. The number of hydroxylamine groups is 1. The first kappa shape index (κ1) is 24.6. The van der Waals surface area contributed by atoms with Crippen molar-refractivity contribution in [1.29, 1.82) is 0 Å². The molecule has 8 heteroatoms. The summed E-state index contributed by atoms with van der Waals surface area (Å²) in [7, 11) is 0. The standard InChI is InChI=1S/C24H28N4O4/c1-3-12-26-22(29)14-20-11-8-18(13-16(20)2)5-4-17-6-9-19(10-7-17)23(30)27-21(15-25)24(31)28-32/h6-11,13,21,32H,3,12,14-15,25H2,1-2H3,(H,26,29)(H,27,30)(H,28,31)/t21-/m0/s1. The molecule has 0 aliphatic carbocycles. The number of carbonyl (C=O) groups excluding carboxylic acids is 3. The molecular weight excluding hydrogens is 408 g/mol. The number of nitrogens with two attached hydrogens (primary N) is 1. The topological polar surface area (TPSA) is 134 Å². The van der Waals surface area contributed by atoms with Crippen LogP contribution in [0.4, 0.5) is 0 Å². The summed E-state index contributed by atoms with van der Waals surface area (Å²) in [6.07, 6.45) is 1.24. The number of hydrogen-bond acceptors (Lipinski definition) is 5. The van der Waals surface area contributed by atoms with Crippen molar-refractivity contribution in [2.24, 2.45) is 5.73 Å². The first-order chi connectivity index (χ1) is 15.4. The van der Waals surface area contributed by atoms with Crippen molar-refractivity contribution in [1.82, 2.24) is 16.1 Å². The van der Waals surface area contributed by atoms with E-state index in [1.807, 2.05) is 32.0 Å². The molecule has 0 spiro atoms. The SMILES string of the molecule is CCCNC(=O)Cc1ccc(C#Cc2ccc(C(=O)N[C@@H](CN)C(=O)NO)cc2)cc1C. The Morgan fingerprint density at radius 3 is 2.31 bits per heavy atom. The molecule has 6 N–H and O–H groups in total. The third kappa shape index (κ3) is 7.23. The minimum Gasteiger partial charge on any atom is -0.356 e. The van der Waals surface area contributed by atoms with Gasteiger partial charge in [0.2, 0.25) is 5.91 Å². The Bertz CT molecular complexity index is 1020. The van der Waals surface area contributed by atoms with Crippen molar-refractivity contribution in [2.45, 2.75) is 32.7 Å². The molecule has 0 fully saturated rings. The lowest BCUT2D eigenvalue weighted by atomic mass is 10.0. The number of benzene rings is 2. The van der Waals surface area contributed by atoms with Gasteiger partial charge in [0.15, 0.2) is 0 Å². The van der Waals surface area contributed by atoms with Gasteiger partial charge in [0.25, 0.3) is 11.8 Å². The summed E-state index contributed by atoms with van der Waals surface area (Å²) in [6, 6.07) is 11.3. The van der Waals surface area contributed by atoms with E-state index < -0.39 is 17.9 Å². The van der Waals surface area contributed by atoms with E-state index in [-0.39, 0.29) is 12.5 Å². The Hall–Kier alpha value is -3.67. The summed E-state index contributed by atoms with van der Waals surface area (Å²) in [6.45, 7) is 4.49. The van der Waals surface area contributed by atoms with Gasteiger partial charge in [-0.3, -0.25) is 19.6 Å². The molecule has 0 heterocycles. The highest BCUT2D eigenvalue weighted by molar-refractivity contribution is 5.97.